The molecule has 0 unspecified atom stereocenters. The van der Waals surface area contributed by atoms with Gasteiger partial charge >= 0.3 is 0 Å². The zero-order valence-corrected chi connectivity index (χ0v) is 13.9. The molecule has 0 atom stereocenters. The van der Waals surface area contributed by atoms with E-state index in [-0.39, 0.29) is 24.5 Å². The maximum Gasteiger partial charge on any atom is 0.280 e. The lowest BCUT2D eigenvalue weighted by Crippen LogP contribution is -2.24. The highest BCUT2D eigenvalue weighted by Crippen LogP contribution is 2.29. The zero-order chi connectivity index (χ0) is 18.5. The fraction of sp³-hybridized carbons (Fsp3) is 0.389. The number of benzene rings is 1. The average molecular weight is 365 g/mol. The Morgan fingerprint density at radius 2 is 2.12 bits per heavy atom. The van der Waals surface area contributed by atoms with E-state index in [2.05, 4.69) is 15.3 Å². The molecule has 1 heterocycles. The Morgan fingerprint density at radius 1 is 1.31 bits per heavy atom. The van der Waals surface area contributed by atoms with E-state index in [0.717, 1.165) is 18.9 Å². The van der Waals surface area contributed by atoms with E-state index in [0.29, 0.717) is 18.1 Å². The van der Waals surface area contributed by atoms with E-state index < -0.39 is 23.8 Å². The first kappa shape index (κ1) is 18.3. The van der Waals surface area contributed by atoms with Crippen LogP contribution in [0.4, 0.5) is 13.2 Å². The summed E-state index contributed by atoms with van der Waals surface area (Å²) in [5.41, 5.74) is 0.150. The van der Waals surface area contributed by atoms with Gasteiger partial charge in [-0.25, -0.2) is 23.1 Å². The lowest BCUT2D eigenvalue weighted by Gasteiger charge is -2.09. The molecule has 1 aromatic heterocycles. The molecule has 1 fully saturated rings. The summed E-state index contributed by atoms with van der Waals surface area (Å²) in [6, 6.07) is 5.10. The molecule has 0 radical (unpaired) electrons. The number of hydrogen-bond acceptors (Lipinski definition) is 4. The average Bonchev–Trinajstić information content (AvgIpc) is 3.46. The second-order valence-electron chi connectivity index (χ2n) is 6.15. The maximum absolute atomic E-state index is 13.8. The second-order valence-corrected chi connectivity index (χ2v) is 6.15. The normalized spacial score (nSPS) is 13.8. The van der Waals surface area contributed by atoms with Crippen molar-refractivity contribution in [3.63, 3.8) is 0 Å². The largest absolute Gasteiger partial charge is 0.376 e. The van der Waals surface area contributed by atoms with Gasteiger partial charge in [0.15, 0.2) is 0 Å². The topological polar surface area (TPSA) is 64.1 Å². The van der Waals surface area contributed by atoms with Crippen LogP contribution in [0, 0.1) is 11.7 Å². The van der Waals surface area contributed by atoms with Crippen molar-refractivity contribution in [1.82, 2.24) is 15.3 Å². The van der Waals surface area contributed by atoms with Crippen molar-refractivity contribution in [2.45, 2.75) is 32.4 Å². The first-order valence-corrected chi connectivity index (χ1v) is 8.27. The fourth-order valence-electron chi connectivity index (χ4n) is 2.33. The highest BCUT2D eigenvalue weighted by molar-refractivity contribution is 5.94. The number of halogens is 3. The summed E-state index contributed by atoms with van der Waals surface area (Å²) in [6.45, 7) is 0.584. The molecule has 5 nitrogen and oxygen atoms in total. The number of hydrogen-bond donors (Lipinski definition) is 1. The van der Waals surface area contributed by atoms with Crippen LogP contribution in [0.2, 0.25) is 0 Å². The Balaban J connectivity index is 1.59. The molecule has 0 bridgehead atoms. The number of aromatic nitrogens is 2. The van der Waals surface area contributed by atoms with E-state index in [1.54, 1.807) is 0 Å². The van der Waals surface area contributed by atoms with Gasteiger partial charge in [-0.3, -0.25) is 4.79 Å². The predicted octanol–water partition coefficient (Wildman–Crippen LogP) is 3.41. The summed E-state index contributed by atoms with van der Waals surface area (Å²) in [5, 5.41) is 2.54. The van der Waals surface area contributed by atoms with Crippen LogP contribution in [-0.4, -0.2) is 22.5 Å². The Labute approximate surface area is 148 Å². The maximum atomic E-state index is 13.8. The molecule has 26 heavy (non-hydrogen) atoms. The van der Waals surface area contributed by atoms with Crippen LogP contribution in [0.1, 0.15) is 46.7 Å². The third kappa shape index (κ3) is 5.01. The summed E-state index contributed by atoms with van der Waals surface area (Å²) in [7, 11) is 0. The first-order chi connectivity index (χ1) is 12.5. The molecule has 1 saturated carbocycles. The highest BCUT2D eigenvalue weighted by Gasteiger charge is 2.21. The SMILES string of the molecule is O=C(NCc1nccc(C(F)F)n1)c1ccc(F)c(COCC2CC2)c1. The van der Waals surface area contributed by atoms with E-state index >= 15 is 0 Å². The van der Waals surface area contributed by atoms with Crippen LogP contribution < -0.4 is 5.32 Å². The van der Waals surface area contributed by atoms with Crippen LogP contribution >= 0.6 is 0 Å². The van der Waals surface area contributed by atoms with Crippen LogP contribution in [0.3, 0.4) is 0 Å². The number of carbonyl (C=O) groups is 1. The molecule has 1 N–H and O–H groups in total. The molecule has 1 aliphatic carbocycles. The van der Waals surface area contributed by atoms with Gasteiger partial charge in [0.1, 0.15) is 17.3 Å². The van der Waals surface area contributed by atoms with E-state index in [9.17, 15) is 18.0 Å². The predicted molar refractivity (Wildman–Crippen MR) is 86.9 cm³/mol. The van der Waals surface area contributed by atoms with Crippen LogP contribution in [0.25, 0.3) is 0 Å². The van der Waals surface area contributed by atoms with Crippen molar-refractivity contribution in [3.8, 4) is 0 Å². The number of carbonyl (C=O) groups excluding carboxylic acids is 1. The van der Waals surface area contributed by atoms with Crippen molar-refractivity contribution < 1.29 is 22.7 Å². The van der Waals surface area contributed by atoms with Gasteiger partial charge < -0.3 is 10.1 Å². The molecular formula is C18H18F3N3O2. The van der Waals surface area contributed by atoms with Crippen LogP contribution in [0.5, 0.6) is 0 Å². The van der Waals surface area contributed by atoms with Gasteiger partial charge in [-0.05, 0) is 43.0 Å². The lowest BCUT2D eigenvalue weighted by molar-refractivity contribution is 0.0948. The summed E-state index contributed by atoms with van der Waals surface area (Å²) in [4.78, 5) is 19.7. The minimum absolute atomic E-state index is 0.0752. The summed E-state index contributed by atoms with van der Waals surface area (Å²) < 4.78 is 44.5. The van der Waals surface area contributed by atoms with Gasteiger partial charge in [0, 0.05) is 23.9 Å². The molecule has 0 aliphatic heterocycles. The molecule has 1 aromatic carbocycles. The molecule has 1 amide bonds. The quantitative estimate of drug-likeness (QED) is 0.779. The Kier molecular flexibility index (Phi) is 5.82. The third-order valence-electron chi connectivity index (χ3n) is 3.97. The number of nitrogens with one attached hydrogen (secondary N) is 1. The van der Waals surface area contributed by atoms with Crippen LogP contribution in [0.15, 0.2) is 30.5 Å². The molecule has 0 spiro atoms. The minimum Gasteiger partial charge on any atom is -0.376 e. The smallest absolute Gasteiger partial charge is 0.280 e. The molecule has 0 saturated heterocycles. The Hall–Kier alpha value is -2.48. The molecule has 138 valence electrons. The third-order valence-corrected chi connectivity index (χ3v) is 3.97. The summed E-state index contributed by atoms with van der Waals surface area (Å²) in [6.07, 6.45) is 0.783. The monoisotopic (exact) mass is 365 g/mol. The van der Waals surface area contributed by atoms with Gasteiger partial charge in [-0.15, -0.1) is 0 Å². The first-order valence-electron chi connectivity index (χ1n) is 8.27. The molecular weight excluding hydrogens is 347 g/mol. The Morgan fingerprint density at radius 3 is 2.85 bits per heavy atom. The summed E-state index contributed by atoms with van der Waals surface area (Å²) >= 11 is 0. The van der Waals surface area contributed by atoms with E-state index in [4.69, 9.17) is 4.74 Å². The van der Waals surface area contributed by atoms with Gasteiger partial charge in [0.2, 0.25) is 0 Å². The van der Waals surface area contributed by atoms with Crippen molar-refractivity contribution in [1.29, 1.82) is 0 Å². The lowest BCUT2D eigenvalue weighted by atomic mass is 10.1. The van der Waals surface area contributed by atoms with Crippen molar-refractivity contribution in [3.05, 3.63) is 58.9 Å². The van der Waals surface area contributed by atoms with Gasteiger partial charge in [0.05, 0.1) is 13.2 Å². The zero-order valence-electron chi connectivity index (χ0n) is 13.9. The fourth-order valence-corrected chi connectivity index (χ4v) is 2.33. The number of nitrogens with zero attached hydrogens (tertiary/aromatic N) is 2. The number of rotatable bonds is 8. The molecule has 1 aliphatic rings. The van der Waals surface area contributed by atoms with E-state index in [1.807, 2.05) is 0 Å². The van der Waals surface area contributed by atoms with Gasteiger partial charge in [0.25, 0.3) is 12.3 Å². The van der Waals surface area contributed by atoms with Gasteiger partial charge in [-0.1, -0.05) is 0 Å². The Bertz CT molecular complexity index is 782. The minimum atomic E-state index is -2.71. The summed E-state index contributed by atoms with van der Waals surface area (Å²) in [5.74, 6) is -0.274. The van der Waals surface area contributed by atoms with Crippen molar-refractivity contribution >= 4 is 5.91 Å². The molecule has 8 heteroatoms. The van der Waals surface area contributed by atoms with Gasteiger partial charge in [-0.2, -0.15) is 0 Å². The number of amides is 1. The van der Waals surface area contributed by atoms with Crippen molar-refractivity contribution in [2.75, 3.05) is 6.61 Å². The number of ether oxygens (including phenoxy) is 1. The van der Waals surface area contributed by atoms with E-state index in [1.165, 1.54) is 24.4 Å². The molecule has 3 rings (SSSR count). The van der Waals surface area contributed by atoms with Crippen LogP contribution in [-0.2, 0) is 17.9 Å². The highest BCUT2D eigenvalue weighted by atomic mass is 19.3. The second kappa shape index (κ2) is 8.27. The standard InChI is InChI=1S/C18H18F3N3O2/c19-14-4-3-12(7-13(14)10-26-9-11-1-2-11)18(25)23-8-16-22-6-5-15(24-16)17(20)21/h3-7,11,17H,1-2,8-10H2,(H,23,25). The van der Waals surface area contributed by atoms with Crippen molar-refractivity contribution in [2.24, 2.45) is 5.92 Å². The number of alkyl halides is 2. The molecule has 2 aromatic rings.